The predicted molar refractivity (Wildman–Crippen MR) is 531 cm³/mol. The van der Waals surface area contributed by atoms with Crippen molar-refractivity contribution in [1.29, 1.82) is 0 Å². The molecule has 0 aromatic heterocycles. The van der Waals surface area contributed by atoms with E-state index in [1.54, 1.807) is 47.6 Å². The molecule has 0 spiro atoms. The van der Waals surface area contributed by atoms with Crippen LogP contribution in [-0.2, 0) is 52.2 Å². The minimum atomic E-state index is -0.981. The standard InChI is InChI=1S/C16H19FN4O5S.C16H19FN4O4S2.2C15H17FN4O5S.C15H17FN4O4S2.5CH4/c1-3-25-15(23)20-14(22)19-13-5-4-10(6-12(13)17)21-8-11(26-16(21)24)7-18-9(2)27;1-3-24-15(22)20-14(27)19-13-5-4-10(6-12(13)17)21-8-11(25-16(21)23)7-18-9(2)26;1-8(26)17-6-10-7-20(15(23)25-10)9-3-4-12(11(16)5-9)18-13(21)19-14(22)24-2;1-8(21)17-6-10-7-20(15(23)25-10)9-3-4-12(11(16)5-9)18-13(26)19-14(22)24-2;1-8(25)17-6-10-7-20(15(22)24-10)9-3-4-12(11(16)5-9)18-13(26)19-14(21)23-2;;;;;/h4-6,11H,3,7-8H2,1-2H3,(H,18,27)(H2,19,20,22,23);4-6,11H,3,7-8H2,1-2H3,(H,18,26)(H2,19,20,22,27);3-5,10H,6-7H2,1-2H3,(H,17,26)(H2,18,19,21,22);3-5,10H,6-7H2,1-2H3,(H,17,21)(H2,18,19,22,26);3-5,10H,6-7H2,1-2H3,(H,17,25)(H2,18,19,21,26);5*1H4/t2*11-;3*10-;;;;;/m00000...../s1. The Kier molecular flexibility index (Phi) is 52.8. The molecule has 5 aliphatic rings. The summed E-state index contributed by atoms with van der Waals surface area (Å²) in [4.78, 5) is 158. The number of ether oxygens (including phenoxy) is 10. The summed E-state index contributed by atoms with van der Waals surface area (Å²) in [7, 11) is 3.44. The summed E-state index contributed by atoms with van der Waals surface area (Å²) in [5.41, 5.74) is 1.27. The average molecular weight is 2060 g/mol. The second-order valence-corrected chi connectivity index (χ2v) is 30.6. The van der Waals surface area contributed by atoms with Gasteiger partial charge in [-0.05, 0) is 169 Å². The van der Waals surface area contributed by atoms with Gasteiger partial charge in [-0.25, -0.2) is 90.1 Å². The molecule has 10 rings (SSSR count). The number of nitrogens with one attached hydrogen (secondary N) is 15. The Hall–Kier alpha value is -13.9. The molecular formula is C82H109F5N20O23S7. The number of imide groups is 2. The van der Waals surface area contributed by atoms with Crippen molar-refractivity contribution in [3.8, 4) is 0 Å². The zero-order valence-corrected chi connectivity index (χ0v) is 77.1. The Morgan fingerprint density at radius 3 is 0.723 bits per heavy atom. The number of urea groups is 2. The summed E-state index contributed by atoms with van der Waals surface area (Å²) in [6, 6.07) is 17.9. The summed E-state index contributed by atoms with van der Waals surface area (Å²) in [6.07, 6.45) is -9.37. The van der Waals surface area contributed by atoms with Crippen LogP contribution in [0.4, 0.5) is 136 Å². The number of halogens is 5. The van der Waals surface area contributed by atoms with Crippen molar-refractivity contribution >= 4 is 257 Å². The van der Waals surface area contributed by atoms with Gasteiger partial charge in [0, 0.05) is 6.92 Å². The topological polar surface area (TPSA) is 511 Å². The zero-order valence-electron chi connectivity index (χ0n) is 71.4. The monoisotopic (exact) mass is 2060 g/mol. The molecule has 5 atom stereocenters. The summed E-state index contributed by atoms with van der Waals surface area (Å²) >= 11 is 34.3. The van der Waals surface area contributed by atoms with E-state index in [1.165, 1.54) is 112 Å². The molecule has 5 fully saturated rings. The molecule has 5 saturated heterocycles. The number of cyclic esters (lactones) is 5. The number of carbonyl (C=O) groups excluding carboxylic acids is 13. The highest BCUT2D eigenvalue weighted by atomic mass is 32.1. The number of nitrogens with zero attached hydrogens (tertiary/aromatic N) is 5. The van der Waals surface area contributed by atoms with Crippen LogP contribution in [0.1, 0.15) is 85.6 Å². The van der Waals surface area contributed by atoms with Gasteiger partial charge < -0.3 is 101 Å². The van der Waals surface area contributed by atoms with Crippen LogP contribution in [0.5, 0.6) is 0 Å². The fourth-order valence-corrected chi connectivity index (χ4v) is 12.0. The number of amides is 15. The van der Waals surface area contributed by atoms with Gasteiger partial charge >= 0.3 is 73.0 Å². The van der Waals surface area contributed by atoms with E-state index in [0.717, 1.165) is 25.3 Å². The first-order chi connectivity index (χ1) is 62.5. The number of benzene rings is 5. The van der Waals surface area contributed by atoms with Crippen molar-refractivity contribution in [2.24, 2.45) is 0 Å². The van der Waals surface area contributed by atoms with Crippen LogP contribution in [0.15, 0.2) is 91.0 Å². The van der Waals surface area contributed by atoms with Crippen LogP contribution in [-0.4, -0.2) is 245 Å². The molecule has 5 heterocycles. The van der Waals surface area contributed by atoms with Gasteiger partial charge in [0.25, 0.3) is 0 Å². The van der Waals surface area contributed by atoms with Crippen LogP contribution in [0, 0.1) is 29.1 Å². The van der Waals surface area contributed by atoms with Crippen molar-refractivity contribution < 1.29 is 132 Å². The minimum Gasteiger partial charge on any atom is -0.453 e. The van der Waals surface area contributed by atoms with Crippen LogP contribution in [0.3, 0.4) is 0 Å². The third-order valence-corrected chi connectivity index (χ3v) is 18.2. The summed E-state index contributed by atoms with van der Waals surface area (Å²) in [5, 5.41) is 36.2. The van der Waals surface area contributed by atoms with Crippen LogP contribution in [0.2, 0.25) is 0 Å². The molecular weight excluding hydrogens is 1950 g/mol. The molecule has 137 heavy (non-hydrogen) atoms. The average Bonchev–Trinajstić information content (AvgIpc) is 1.72. The molecule has 752 valence electrons. The number of carbonyl (C=O) groups is 13. The first-order valence-electron chi connectivity index (χ1n) is 38.6. The van der Waals surface area contributed by atoms with E-state index in [1.807, 2.05) is 10.6 Å². The third-order valence-electron chi connectivity index (χ3n) is 17.0. The van der Waals surface area contributed by atoms with E-state index in [2.05, 4.69) is 92.8 Å². The van der Waals surface area contributed by atoms with Crippen molar-refractivity contribution in [2.75, 3.05) is 151 Å². The highest BCUT2D eigenvalue weighted by molar-refractivity contribution is 7.81. The van der Waals surface area contributed by atoms with Crippen LogP contribution >= 0.6 is 85.5 Å². The molecule has 15 amide bonds. The maximum atomic E-state index is 14.4. The highest BCUT2D eigenvalue weighted by Crippen LogP contribution is 2.32. The lowest BCUT2D eigenvalue weighted by atomic mass is 10.2. The van der Waals surface area contributed by atoms with Gasteiger partial charge in [0.1, 0.15) is 59.6 Å². The maximum absolute atomic E-state index is 14.4. The number of methoxy groups -OCH3 is 3. The lowest BCUT2D eigenvalue weighted by Gasteiger charge is -2.15. The Labute approximate surface area is 823 Å². The molecule has 0 unspecified atom stereocenters. The molecule has 5 aromatic carbocycles. The lowest BCUT2D eigenvalue weighted by molar-refractivity contribution is -0.119. The Morgan fingerprint density at radius 2 is 0.518 bits per heavy atom. The van der Waals surface area contributed by atoms with Gasteiger partial charge in [-0.15, -0.1) is 0 Å². The number of hydrogen-bond donors (Lipinski definition) is 15. The van der Waals surface area contributed by atoms with E-state index < -0.39 is 133 Å². The van der Waals surface area contributed by atoms with Crippen molar-refractivity contribution in [1.82, 2.24) is 53.2 Å². The van der Waals surface area contributed by atoms with Gasteiger partial charge in [-0.3, -0.25) is 45.2 Å². The molecule has 5 aromatic rings. The third kappa shape index (κ3) is 40.7. The van der Waals surface area contributed by atoms with E-state index in [4.69, 9.17) is 109 Å². The maximum Gasteiger partial charge on any atom is 0.415 e. The van der Waals surface area contributed by atoms with E-state index in [0.29, 0.717) is 57.5 Å². The first-order valence-corrected chi connectivity index (χ1v) is 41.4. The molecule has 15 N–H and O–H groups in total. The second-order valence-electron chi connectivity index (χ2n) is 26.9. The quantitative estimate of drug-likeness (QED) is 0.0174. The Balaban J connectivity index is 0.000000849. The smallest absolute Gasteiger partial charge is 0.415 e. The molecule has 55 heteroatoms. The van der Waals surface area contributed by atoms with Gasteiger partial charge in [0.05, 0.1) is 177 Å². The van der Waals surface area contributed by atoms with E-state index in [9.17, 15) is 84.3 Å². The Bertz CT molecular complexity index is 4790. The molecule has 0 radical (unpaired) electrons. The molecule has 0 aliphatic carbocycles. The lowest BCUT2D eigenvalue weighted by Crippen LogP contribution is -2.35. The van der Waals surface area contributed by atoms with Crippen molar-refractivity contribution in [3.63, 3.8) is 0 Å². The highest BCUT2D eigenvalue weighted by Gasteiger charge is 2.38. The number of rotatable bonds is 22. The van der Waals surface area contributed by atoms with Gasteiger partial charge in [-0.2, -0.15) is 0 Å². The molecule has 0 saturated carbocycles. The largest absolute Gasteiger partial charge is 0.453 e. The van der Waals surface area contributed by atoms with E-state index in [-0.39, 0.29) is 156 Å². The number of anilines is 10. The first kappa shape index (κ1) is 121. The summed E-state index contributed by atoms with van der Waals surface area (Å²) < 4.78 is 120. The fraction of sp³-hybridized carbons (Fsp3) is 0.390. The Morgan fingerprint density at radius 1 is 0.321 bits per heavy atom. The van der Waals surface area contributed by atoms with Crippen LogP contribution < -0.4 is 104 Å². The molecule has 5 aliphatic heterocycles. The van der Waals surface area contributed by atoms with Crippen LogP contribution in [0.25, 0.3) is 0 Å². The van der Waals surface area contributed by atoms with Gasteiger partial charge in [-0.1, -0.05) is 86.0 Å². The predicted octanol–water partition coefficient (Wildman–Crippen LogP) is 13.5. The summed E-state index contributed by atoms with van der Waals surface area (Å²) in [5.74, 6) is -3.79. The molecule has 43 nitrogen and oxygen atoms in total. The summed E-state index contributed by atoms with van der Waals surface area (Å²) in [6.45, 7) is 14.5. The van der Waals surface area contributed by atoms with Crippen molar-refractivity contribution in [3.05, 3.63) is 120 Å². The second kappa shape index (κ2) is 59.8. The SMILES string of the molecule is C.C.C.C.C.CCOC(=O)NC(=O)Nc1ccc(N2C[C@H](CNC(C)=S)OC2=O)cc1F.CCOC(=O)NC(=S)Nc1ccc(N2C[C@H](CNC(C)=S)OC2=O)cc1F.COC(=O)NC(=O)Nc1ccc(N2C[C@H](CNC(C)=S)OC2=O)cc1F.COC(=O)NC(=S)Nc1ccc(N2C[C@H](CNC(C)=O)OC2=O)cc1F.COC(=O)NC(=S)Nc1ccc(N2C[C@H](CNC(C)=S)OC2=O)cc1F. The number of hydrogen-bond acceptors (Lipinski definition) is 30. The van der Waals surface area contributed by atoms with E-state index >= 15 is 0 Å². The zero-order chi connectivity index (χ0) is 97.8. The van der Waals surface area contributed by atoms with Crippen molar-refractivity contribution in [2.45, 2.75) is 116 Å². The number of alkyl carbamates (subject to hydrolysis) is 5. The number of thiocarbonyl (C=S) groups is 7. The normalized spacial score (nSPS) is 15.2. The fourth-order valence-electron chi connectivity index (χ4n) is 11.1. The van der Waals surface area contributed by atoms with Gasteiger partial charge in [0.2, 0.25) is 5.91 Å². The minimum absolute atomic E-state index is 0. The molecule has 0 bridgehead atoms. The van der Waals surface area contributed by atoms with Gasteiger partial charge in [0.15, 0.2) is 15.3 Å².